The topological polar surface area (TPSA) is 101 Å². The highest BCUT2D eigenvalue weighted by Crippen LogP contribution is 2.14. The molecule has 0 aliphatic rings. The molecule has 32 heavy (non-hydrogen) atoms. The summed E-state index contributed by atoms with van der Waals surface area (Å²) < 4.78 is 0.988. The first kappa shape index (κ1) is 21.3. The van der Waals surface area contributed by atoms with Crippen molar-refractivity contribution >= 4 is 34.7 Å². The summed E-state index contributed by atoms with van der Waals surface area (Å²) in [7, 11) is 0. The van der Waals surface area contributed by atoms with Gasteiger partial charge in [0.05, 0.1) is 22.6 Å². The molecule has 0 bridgehead atoms. The van der Waals surface area contributed by atoms with Crippen LogP contribution in [0.2, 0.25) is 5.02 Å². The molecule has 0 fully saturated rings. The van der Waals surface area contributed by atoms with Crippen LogP contribution in [0.1, 0.15) is 15.9 Å². The van der Waals surface area contributed by atoms with Crippen LogP contribution < -0.4 is 16.6 Å². The smallest absolute Gasteiger partial charge is 0.333 e. The van der Waals surface area contributed by atoms with Gasteiger partial charge in [-0.15, -0.1) is 0 Å². The second kappa shape index (κ2) is 9.03. The van der Waals surface area contributed by atoms with Gasteiger partial charge in [0.1, 0.15) is 6.29 Å². The van der Waals surface area contributed by atoms with Crippen molar-refractivity contribution in [2.75, 3.05) is 0 Å². The van der Waals surface area contributed by atoms with Crippen molar-refractivity contribution in [1.29, 1.82) is 0 Å². The second-order valence-electron chi connectivity index (χ2n) is 7.21. The van der Waals surface area contributed by atoms with Crippen molar-refractivity contribution < 1.29 is 9.59 Å². The summed E-state index contributed by atoms with van der Waals surface area (Å²) in [6.45, 7) is 0. The Morgan fingerprint density at radius 2 is 1.75 bits per heavy atom. The highest BCUT2D eigenvalue weighted by Gasteiger charge is 2.15. The van der Waals surface area contributed by atoms with Gasteiger partial charge in [-0.1, -0.05) is 41.9 Å². The molecule has 1 heterocycles. The minimum absolute atomic E-state index is 0.297. The summed E-state index contributed by atoms with van der Waals surface area (Å²) in [5.74, 6) is -0.431. The number of nitrogens with one attached hydrogen (secondary N) is 2. The van der Waals surface area contributed by atoms with E-state index in [-0.39, 0.29) is 0 Å². The molecule has 0 radical (unpaired) electrons. The van der Waals surface area contributed by atoms with E-state index in [1.165, 1.54) is 30.3 Å². The molecule has 1 amide bonds. The lowest BCUT2D eigenvalue weighted by atomic mass is 10.1. The predicted molar refractivity (Wildman–Crippen MR) is 123 cm³/mol. The molecule has 1 atom stereocenters. The Labute approximate surface area is 187 Å². The minimum atomic E-state index is -0.678. The maximum atomic E-state index is 12.8. The molecular formula is C24H18ClN3O4. The quantitative estimate of drug-likeness (QED) is 0.444. The van der Waals surface area contributed by atoms with Gasteiger partial charge < -0.3 is 15.1 Å². The van der Waals surface area contributed by atoms with Crippen molar-refractivity contribution in [3.8, 4) is 5.69 Å². The number of fused-ring (bicyclic) bond motifs is 1. The molecule has 0 saturated carbocycles. The third-order valence-electron chi connectivity index (χ3n) is 5.03. The SMILES string of the molecule is O=C[C@H](Cc1ccccc1)NC(=O)c1ccc(-n2c(=O)[nH]c3cc(Cl)ccc3c2=O)cc1. The van der Waals surface area contributed by atoms with Gasteiger partial charge in [0.2, 0.25) is 0 Å². The first-order valence-corrected chi connectivity index (χ1v) is 10.2. The van der Waals surface area contributed by atoms with E-state index in [1.807, 2.05) is 30.3 Å². The van der Waals surface area contributed by atoms with Crippen molar-refractivity contribution in [3.63, 3.8) is 0 Å². The van der Waals surface area contributed by atoms with Crippen LogP contribution in [-0.2, 0) is 11.2 Å². The molecule has 3 aromatic carbocycles. The molecule has 0 aliphatic heterocycles. The maximum Gasteiger partial charge on any atom is 0.333 e. The Kier molecular flexibility index (Phi) is 6.00. The van der Waals surface area contributed by atoms with E-state index in [4.69, 9.17) is 11.6 Å². The number of benzene rings is 3. The van der Waals surface area contributed by atoms with Crippen LogP contribution in [-0.4, -0.2) is 27.8 Å². The first-order chi connectivity index (χ1) is 15.5. The lowest BCUT2D eigenvalue weighted by Crippen LogP contribution is -2.37. The highest BCUT2D eigenvalue weighted by molar-refractivity contribution is 6.31. The third kappa shape index (κ3) is 4.38. The van der Waals surface area contributed by atoms with Crippen molar-refractivity contribution in [1.82, 2.24) is 14.9 Å². The van der Waals surface area contributed by atoms with Gasteiger partial charge in [0.25, 0.3) is 11.5 Å². The largest absolute Gasteiger partial charge is 0.342 e. The van der Waals surface area contributed by atoms with Crippen molar-refractivity contribution in [2.45, 2.75) is 12.5 Å². The number of H-pyrrole nitrogens is 1. The number of nitrogens with zero attached hydrogens (tertiary/aromatic N) is 1. The number of rotatable bonds is 6. The van der Waals surface area contributed by atoms with Gasteiger partial charge in [-0.2, -0.15) is 0 Å². The van der Waals surface area contributed by atoms with Crippen LogP contribution in [0.25, 0.3) is 16.6 Å². The monoisotopic (exact) mass is 447 g/mol. The number of aromatic amines is 1. The van der Waals surface area contributed by atoms with Gasteiger partial charge in [-0.25, -0.2) is 9.36 Å². The average Bonchev–Trinajstić information content (AvgIpc) is 2.79. The molecule has 0 aliphatic carbocycles. The zero-order valence-corrected chi connectivity index (χ0v) is 17.5. The van der Waals surface area contributed by atoms with Gasteiger partial charge in [-0.05, 0) is 54.4 Å². The normalized spacial score (nSPS) is 11.8. The van der Waals surface area contributed by atoms with E-state index in [2.05, 4.69) is 10.3 Å². The molecule has 0 unspecified atom stereocenters. The molecule has 4 rings (SSSR count). The summed E-state index contributed by atoms with van der Waals surface area (Å²) in [5, 5.41) is 3.40. The summed E-state index contributed by atoms with van der Waals surface area (Å²) in [4.78, 5) is 51.9. The summed E-state index contributed by atoms with van der Waals surface area (Å²) in [6.07, 6.45) is 1.07. The molecule has 0 saturated heterocycles. The molecule has 8 heteroatoms. The fraction of sp³-hybridized carbons (Fsp3) is 0.0833. The Morgan fingerprint density at radius 3 is 2.44 bits per heavy atom. The molecule has 1 aromatic heterocycles. The average molecular weight is 448 g/mol. The van der Waals surface area contributed by atoms with Crippen molar-refractivity contribution in [3.05, 3.63) is 110 Å². The van der Waals surface area contributed by atoms with Crippen LogP contribution >= 0.6 is 11.6 Å². The van der Waals surface area contributed by atoms with Crippen LogP contribution in [0.5, 0.6) is 0 Å². The van der Waals surface area contributed by atoms with E-state index >= 15 is 0 Å². The fourth-order valence-corrected chi connectivity index (χ4v) is 3.61. The molecule has 7 nitrogen and oxygen atoms in total. The lowest BCUT2D eigenvalue weighted by Gasteiger charge is -2.13. The number of aromatic nitrogens is 2. The Hall–Kier alpha value is -3.97. The number of carbonyl (C=O) groups is 2. The number of amides is 1. The van der Waals surface area contributed by atoms with Gasteiger partial charge in [0.15, 0.2) is 0 Å². The Morgan fingerprint density at radius 1 is 1.03 bits per heavy atom. The summed E-state index contributed by atoms with van der Waals surface area (Å²) >= 11 is 5.93. The fourth-order valence-electron chi connectivity index (χ4n) is 3.44. The number of carbonyl (C=O) groups excluding carboxylic acids is 2. The van der Waals surface area contributed by atoms with E-state index < -0.39 is 23.2 Å². The van der Waals surface area contributed by atoms with E-state index in [9.17, 15) is 19.2 Å². The first-order valence-electron chi connectivity index (χ1n) is 9.81. The van der Waals surface area contributed by atoms with Gasteiger partial charge >= 0.3 is 5.69 Å². The van der Waals surface area contributed by atoms with E-state index in [0.717, 1.165) is 10.1 Å². The minimum Gasteiger partial charge on any atom is -0.342 e. The van der Waals surface area contributed by atoms with Crippen molar-refractivity contribution in [2.24, 2.45) is 0 Å². The zero-order chi connectivity index (χ0) is 22.7. The summed E-state index contributed by atoms with van der Waals surface area (Å²) in [5.41, 5.74) is 0.758. The summed E-state index contributed by atoms with van der Waals surface area (Å²) in [6, 6.07) is 19.3. The molecule has 160 valence electrons. The number of halogens is 1. The van der Waals surface area contributed by atoms with Crippen LogP contribution in [0.15, 0.2) is 82.4 Å². The number of hydrogen-bond acceptors (Lipinski definition) is 4. The third-order valence-corrected chi connectivity index (χ3v) is 5.26. The predicted octanol–water partition coefficient (Wildman–Crippen LogP) is 2.87. The van der Waals surface area contributed by atoms with Gasteiger partial charge in [-0.3, -0.25) is 9.59 Å². The van der Waals surface area contributed by atoms with Crippen LogP contribution in [0.3, 0.4) is 0 Å². The molecule has 4 aromatic rings. The molecular weight excluding hydrogens is 430 g/mol. The lowest BCUT2D eigenvalue weighted by molar-refractivity contribution is -0.109. The Balaban J connectivity index is 1.57. The number of hydrogen-bond donors (Lipinski definition) is 2. The van der Waals surface area contributed by atoms with Gasteiger partial charge in [0, 0.05) is 10.6 Å². The Bertz CT molecular complexity index is 1410. The standard InChI is InChI=1S/C24H18ClN3O4/c25-17-8-11-20-21(13-17)27-24(32)28(23(20)31)19-9-6-16(7-10-19)22(30)26-18(14-29)12-15-4-2-1-3-5-15/h1-11,13-14,18H,12H2,(H,26,30)(H,27,32)/t18-/m0/s1. The van der Waals surface area contributed by atoms with E-state index in [1.54, 1.807) is 12.1 Å². The number of aldehydes is 1. The second-order valence-corrected chi connectivity index (χ2v) is 7.65. The molecule has 2 N–H and O–H groups in total. The highest BCUT2D eigenvalue weighted by atomic mass is 35.5. The molecule has 0 spiro atoms. The van der Waals surface area contributed by atoms with Crippen LogP contribution in [0.4, 0.5) is 0 Å². The van der Waals surface area contributed by atoms with Crippen LogP contribution in [0, 0.1) is 0 Å². The zero-order valence-electron chi connectivity index (χ0n) is 16.7. The maximum absolute atomic E-state index is 12.8. The van der Waals surface area contributed by atoms with E-state index in [0.29, 0.717) is 39.9 Å².